The van der Waals surface area contributed by atoms with Gasteiger partial charge in [0, 0.05) is 10.3 Å². The second kappa shape index (κ2) is 5.76. The average molecular weight is 316 g/mol. The fraction of sp³-hybridized carbons (Fsp3) is 0. The first-order valence-corrected chi connectivity index (χ1v) is 7.40. The van der Waals surface area contributed by atoms with Crippen LogP contribution in [0.25, 0.3) is 10.9 Å². The van der Waals surface area contributed by atoms with Crippen LogP contribution in [0.2, 0.25) is 5.02 Å². The SMILES string of the molecule is O=C(O)c1cccc2nc(Sc3ccccc3Cl)ccc12. The molecule has 0 saturated heterocycles. The highest BCUT2D eigenvalue weighted by Crippen LogP contribution is 2.33. The summed E-state index contributed by atoms with van der Waals surface area (Å²) in [5.74, 6) is -0.950. The average Bonchev–Trinajstić information content (AvgIpc) is 2.48. The van der Waals surface area contributed by atoms with Crippen molar-refractivity contribution in [2.75, 3.05) is 0 Å². The van der Waals surface area contributed by atoms with Gasteiger partial charge in [0.1, 0.15) is 5.03 Å². The molecule has 1 N–H and O–H groups in total. The lowest BCUT2D eigenvalue weighted by Crippen LogP contribution is -1.97. The predicted molar refractivity (Wildman–Crippen MR) is 84.3 cm³/mol. The molecule has 3 aromatic rings. The first-order valence-electron chi connectivity index (χ1n) is 6.20. The Hall–Kier alpha value is -2.04. The van der Waals surface area contributed by atoms with E-state index in [1.54, 1.807) is 24.3 Å². The highest BCUT2D eigenvalue weighted by molar-refractivity contribution is 7.99. The van der Waals surface area contributed by atoms with Crippen LogP contribution in [0.3, 0.4) is 0 Å². The topological polar surface area (TPSA) is 50.2 Å². The number of fused-ring (bicyclic) bond motifs is 1. The molecule has 0 spiro atoms. The Morgan fingerprint density at radius 1 is 1.05 bits per heavy atom. The summed E-state index contributed by atoms with van der Waals surface area (Å²) in [6, 6.07) is 16.2. The van der Waals surface area contributed by atoms with Crippen molar-refractivity contribution in [3.05, 3.63) is 65.2 Å². The minimum absolute atomic E-state index is 0.259. The van der Waals surface area contributed by atoms with Gasteiger partial charge in [0.25, 0.3) is 0 Å². The van der Waals surface area contributed by atoms with E-state index >= 15 is 0 Å². The molecule has 0 fully saturated rings. The van der Waals surface area contributed by atoms with Gasteiger partial charge >= 0.3 is 5.97 Å². The lowest BCUT2D eigenvalue weighted by molar-refractivity contribution is 0.0699. The number of aromatic nitrogens is 1. The van der Waals surface area contributed by atoms with Crippen LogP contribution in [0.4, 0.5) is 0 Å². The molecule has 0 atom stereocenters. The summed E-state index contributed by atoms with van der Waals surface area (Å²) < 4.78 is 0. The van der Waals surface area contributed by atoms with E-state index in [-0.39, 0.29) is 5.56 Å². The quantitative estimate of drug-likeness (QED) is 0.758. The molecule has 0 aliphatic carbocycles. The van der Waals surface area contributed by atoms with E-state index in [9.17, 15) is 9.90 Å². The minimum atomic E-state index is -0.950. The lowest BCUT2D eigenvalue weighted by Gasteiger charge is -2.06. The van der Waals surface area contributed by atoms with Gasteiger partial charge in [-0.1, -0.05) is 41.6 Å². The van der Waals surface area contributed by atoms with Gasteiger partial charge in [-0.2, -0.15) is 0 Å². The Morgan fingerprint density at radius 2 is 1.86 bits per heavy atom. The molecule has 1 heterocycles. The lowest BCUT2D eigenvalue weighted by atomic mass is 10.1. The molecule has 2 aromatic carbocycles. The van der Waals surface area contributed by atoms with Crippen LogP contribution >= 0.6 is 23.4 Å². The second-order valence-corrected chi connectivity index (χ2v) is 5.83. The number of rotatable bonds is 3. The van der Waals surface area contributed by atoms with E-state index in [2.05, 4.69) is 4.98 Å². The summed E-state index contributed by atoms with van der Waals surface area (Å²) in [6.45, 7) is 0. The van der Waals surface area contributed by atoms with Gasteiger partial charge in [-0.05, 0) is 36.4 Å². The van der Waals surface area contributed by atoms with Gasteiger partial charge in [0.2, 0.25) is 0 Å². The molecule has 0 aliphatic rings. The number of benzene rings is 2. The molecule has 0 radical (unpaired) electrons. The first-order chi connectivity index (χ1) is 10.1. The molecule has 0 amide bonds. The second-order valence-electron chi connectivity index (χ2n) is 4.36. The van der Waals surface area contributed by atoms with Crippen molar-refractivity contribution in [3.8, 4) is 0 Å². The van der Waals surface area contributed by atoms with E-state index in [0.717, 1.165) is 9.92 Å². The summed E-state index contributed by atoms with van der Waals surface area (Å²) in [4.78, 5) is 16.6. The third kappa shape index (κ3) is 2.86. The van der Waals surface area contributed by atoms with E-state index in [0.29, 0.717) is 15.9 Å². The summed E-state index contributed by atoms with van der Waals surface area (Å²) in [5.41, 5.74) is 0.918. The largest absolute Gasteiger partial charge is 0.478 e. The normalized spacial score (nSPS) is 10.7. The number of aromatic carboxylic acids is 1. The number of halogens is 1. The first kappa shape index (κ1) is 13.9. The molecule has 0 aliphatic heterocycles. The monoisotopic (exact) mass is 315 g/mol. The van der Waals surface area contributed by atoms with Crippen LogP contribution in [0.15, 0.2) is 64.5 Å². The van der Waals surface area contributed by atoms with Gasteiger partial charge in [-0.25, -0.2) is 9.78 Å². The molecule has 0 unspecified atom stereocenters. The molecule has 5 heteroatoms. The number of hydrogen-bond acceptors (Lipinski definition) is 3. The number of carboxylic acids is 1. The fourth-order valence-corrected chi connectivity index (χ4v) is 3.09. The standard InChI is InChI=1S/C16H10ClNO2S/c17-12-5-1-2-7-14(12)21-15-9-8-10-11(16(19)20)4-3-6-13(10)18-15/h1-9H,(H,19,20). The van der Waals surface area contributed by atoms with Crippen LogP contribution in [0, 0.1) is 0 Å². The summed E-state index contributed by atoms with van der Waals surface area (Å²) in [5, 5.41) is 11.3. The maximum atomic E-state index is 11.2. The molecule has 3 nitrogen and oxygen atoms in total. The molecule has 21 heavy (non-hydrogen) atoms. The maximum Gasteiger partial charge on any atom is 0.336 e. The third-order valence-electron chi connectivity index (χ3n) is 2.99. The van der Waals surface area contributed by atoms with Crippen molar-refractivity contribution in [2.24, 2.45) is 0 Å². The minimum Gasteiger partial charge on any atom is -0.478 e. The Morgan fingerprint density at radius 3 is 2.62 bits per heavy atom. The fourth-order valence-electron chi connectivity index (χ4n) is 2.02. The van der Waals surface area contributed by atoms with Crippen molar-refractivity contribution in [1.29, 1.82) is 0 Å². The van der Waals surface area contributed by atoms with Crippen molar-refractivity contribution in [3.63, 3.8) is 0 Å². The number of nitrogens with zero attached hydrogens (tertiary/aromatic N) is 1. The molecular formula is C16H10ClNO2S. The Labute approximate surface area is 130 Å². The maximum absolute atomic E-state index is 11.2. The van der Waals surface area contributed by atoms with Crippen molar-refractivity contribution < 1.29 is 9.90 Å². The molecule has 104 valence electrons. The van der Waals surface area contributed by atoms with Crippen LogP contribution in [-0.2, 0) is 0 Å². The Kier molecular flexibility index (Phi) is 3.82. The van der Waals surface area contributed by atoms with Crippen LogP contribution < -0.4 is 0 Å². The van der Waals surface area contributed by atoms with Crippen LogP contribution in [0.5, 0.6) is 0 Å². The van der Waals surface area contributed by atoms with Crippen molar-refractivity contribution in [2.45, 2.75) is 9.92 Å². The van der Waals surface area contributed by atoms with Crippen LogP contribution in [-0.4, -0.2) is 16.1 Å². The Balaban J connectivity index is 2.03. The van der Waals surface area contributed by atoms with Gasteiger partial charge < -0.3 is 5.11 Å². The van der Waals surface area contributed by atoms with Gasteiger partial charge in [-0.15, -0.1) is 0 Å². The van der Waals surface area contributed by atoms with E-state index in [1.807, 2.05) is 30.3 Å². The molecule has 0 saturated carbocycles. The molecule has 3 rings (SSSR count). The third-order valence-corrected chi connectivity index (χ3v) is 4.44. The van der Waals surface area contributed by atoms with Crippen molar-refractivity contribution >= 4 is 40.2 Å². The highest BCUT2D eigenvalue weighted by atomic mass is 35.5. The van der Waals surface area contributed by atoms with Gasteiger partial charge in [-0.3, -0.25) is 0 Å². The molecule has 1 aromatic heterocycles. The van der Waals surface area contributed by atoms with Gasteiger partial charge in [0.05, 0.1) is 16.1 Å². The number of carbonyl (C=O) groups is 1. The zero-order valence-electron chi connectivity index (χ0n) is 10.8. The smallest absolute Gasteiger partial charge is 0.336 e. The zero-order valence-corrected chi connectivity index (χ0v) is 12.4. The number of carboxylic acid groups (broad SMARTS) is 1. The summed E-state index contributed by atoms with van der Waals surface area (Å²) in [7, 11) is 0. The van der Waals surface area contributed by atoms with Gasteiger partial charge in [0.15, 0.2) is 0 Å². The summed E-state index contributed by atoms with van der Waals surface area (Å²) in [6.07, 6.45) is 0. The highest BCUT2D eigenvalue weighted by Gasteiger charge is 2.10. The number of pyridine rings is 1. The van der Waals surface area contributed by atoms with E-state index in [1.165, 1.54) is 11.8 Å². The molecular weight excluding hydrogens is 306 g/mol. The molecule has 0 bridgehead atoms. The van der Waals surface area contributed by atoms with Crippen LogP contribution in [0.1, 0.15) is 10.4 Å². The Bertz CT molecular complexity index is 835. The predicted octanol–water partition coefficient (Wildman–Crippen LogP) is 4.74. The summed E-state index contributed by atoms with van der Waals surface area (Å²) >= 11 is 7.59. The van der Waals surface area contributed by atoms with Crippen molar-refractivity contribution in [1.82, 2.24) is 4.98 Å². The van der Waals surface area contributed by atoms with E-state index < -0.39 is 5.97 Å². The van der Waals surface area contributed by atoms with E-state index in [4.69, 9.17) is 11.6 Å². The number of hydrogen-bond donors (Lipinski definition) is 1. The zero-order chi connectivity index (χ0) is 14.8.